The second-order valence-corrected chi connectivity index (χ2v) is 6.05. The van der Waals surface area contributed by atoms with Crippen LogP contribution in [0.5, 0.6) is 0 Å². The number of ether oxygens (including phenoxy) is 1. The number of likely N-dealkylation sites (tertiary alicyclic amines) is 1. The van der Waals surface area contributed by atoms with Gasteiger partial charge >= 0.3 is 0 Å². The Morgan fingerprint density at radius 3 is 2.85 bits per heavy atom. The van der Waals surface area contributed by atoms with E-state index in [2.05, 4.69) is 16.5 Å². The number of imidazole rings is 1. The van der Waals surface area contributed by atoms with E-state index in [1.165, 1.54) is 24.4 Å². The Kier molecular flexibility index (Phi) is 3.78. The predicted octanol–water partition coefficient (Wildman–Crippen LogP) is 1.56. The minimum Gasteiger partial charge on any atom is -0.384 e. The zero-order valence-electron chi connectivity index (χ0n) is 12.3. The van der Waals surface area contributed by atoms with Crippen molar-refractivity contribution in [3.8, 4) is 0 Å². The molecule has 0 atom stereocenters. The highest BCUT2D eigenvalue weighted by atomic mass is 16.5. The van der Waals surface area contributed by atoms with Crippen molar-refractivity contribution < 1.29 is 9.53 Å². The normalized spacial score (nSPS) is 19.2. The largest absolute Gasteiger partial charge is 0.384 e. The van der Waals surface area contributed by atoms with E-state index in [1.807, 2.05) is 11.1 Å². The van der Waals surface area contributed by atoms with Gasteiger partial charge in [-0.05, 0) is 25.7 Å². The van der Waals surface area contributed by atoms with Gasteiger partial charge in [0.1, 0.15) is 5.82 Å². The maximum atomic E-state index is 11.9. The summed E-state index contributed by atoms with van der Waals surface area (Å²) in [6.45, 7) is 5.36. The van der Waals surface area contributed by atoms with Gasteiger partial charge in [-0.2, -0.15) is 0 Å². The van der Waals surface area contributed by atoms with E-state index < -0.39 is 0 Å². The monoisotopic (exact) mass is 277 g/mol. The lowest BCUT2D eigenvalue weighted by atomic mass is 9.98. The molecule has 1 aromatic rings. The van der Waals surface area contributed by atoms with Crippen molar-refractivity contribution in [2.75, 3.05) is 26.8 Å². The van der Waals surface area contributed by atoms with E-state index in [0.29, 0.717) is 18.9 Å². The topological polar surface area (TPSA) is 47.4 Å². The van der Waals surface area contributed by atoms with Crippen molar-refractivity contribution in [1.82, 2.24) is 14.5 Å². The van der Waals surface area contributed by atoms with Gasteiger partial charge in [0, 0.05) is 38.6 Å². The molecule has 2 fully saturated rings. The minimum atomic E-state index is 0.195. The molecule has 1 aromatic heterocycles. The molecule has 110 valence electrons. The van der Waals surface area contributed by atoms with E-state index in [1.54, 1.807) is 7.11 Å². The van der Waals surface area contributed by atoms with Gasteiger partial charge in [0.2, 0.25) is 5.91 Å². The van der Waals surface area contributed by atoms with Crippen molar-refractivity contribution in [3.05, 3.63) is 17.7 Å². The van der Waals surface area contributed by atoms with E-state index in [9.17, 15) is 4.79 Å². The Hall–Kier alpha value is -1.36. The average Bonchev–Trinajstić information content (AvgIpc) is 3.13. The van der Waals surface area contributed by atoms with Crippen LogP contribution in [0.25, 0.3) is 0 Å². The molecule has 1 saturated carbocycles. The number of nitrogens with zero attached hydrogens (tertiary/aromatic N) is 3. The molecule has 2 heterocycles. The molecule has 1 aliphatic heterocycles. The molecular formula is C15H23N3O2. The van der Waals surface area contributed by atoms with Gasteiger partial charge in [0.05, 0.1) is 18.9 Å². The minimum absolute atomic E-state index is 0.195. The standard InChI is InChI=1S/C15H23N3O2/c1-11-7-16-15(18(11)8-12-3-4-12)13-9-17(10-13)14(19)5-6-20-2/h7,12-13H,3-6,8-10H2,1-2H3. The van der Waals surface area contributed by atoms with Crippen LogP contribution >= 0.6 is 0 Å². The predicted molar refractivity (Wildman–Crippen MR) is 75.5 cm³/mol. The molecule has 3 rings (SSSR count). The molecule has 1 saturated heterocycles. The first-order valence-electron chi connectivity index (χ1n) is 7.47. The molecule has 0 aromatic carbocycles. The third-order valence-electron chi connectivity index (χ3n) is 4.34. The third-order valence-corrected chi connectivity index (χ3v) is 4.34. The Bertz CT molecular complexity index is 487. The molecule has 0 radical (unpaired) electrons. The van der Waals surface area contributed by atoms with Crippen LogP contribution in [0.1, 0.15) is 36.7 Å². The lowest BCUT2D eigenvalue weighted by molar-refractivity contribution is -0.136. The van der Waals surface area contributed by atoms with Crippen molar-refractivity contribution in [1.29, 1.82) is 0 Å². The molecule has 2 aliphatic rings. The summed E-state index contributed by atoms with van der Waals surface area (Å²) in [4.78, 5) is 18.3. The van der Waals surface area contributed by atoms with Crippen LogP contribution in [0.4, 0.5) is 0 Å². The second kappa shape index (κ2) is 5.56. The summed E-state index contributed by atoms with van der Waals surface area (Å²) in [6, 6.07) is 0. The number of rotatable bonds is 6. The van der Waals surface area contributed by atoms with Crippen LogP contribution in [0, 0.1) is 12.8 Å². The number of methoxy groups -OCH3 is 1. The summed E-state index contributed by atoms with van der Waals surface area (Å²) in [5, 5.41) is 0. The molecule has 1 amide bonds. The van der Waals surface area contributed by atoms with Crippen molar-refractivity contribution >= 4 is 5.91 Å². The van der Waals surface area contributed by atoms with E-state index in [-0.39, 0.29) is 5.91 Å². The summed E-state index contributed by atoms with van der Waals surface area (Å²) in [5.41, 5.74) is 1.25. The van der Waals surface area contributed by atoms with Gasteiger partial charge in [-0.3, -0.25) is 4.79 Å². The Morgan fingerprint density at radius 1 is 1.45 bits per heavy atom. The number of aryl methyl sites for hydroxylation is 1. The van der Waals surface area contributed by atoms with Crippen LogP contribution in [0.2, 0.25) is 0 Å². The lowest BCUT2D eigenvalue weighted by Gasteiger charge is -2.39. The zero-order chi connectivity index (χ0) is 14.1. The maximum absolute atomic E-state index is 11.9. The molecule has 5 heteroatoms. The van der Waals surface area contributed by atoms with Gasteiger partial charge in [-0.25, -0.2) is 4.98 Å². The number of carbonyl (C=O) groups is 1. The zero-order valence-corrected chi connectivity index (χ0v) is 12.3. The first-order valence-corrected chi connectivity index (χ1v) is 7.47. The quantitative estimate of drug-likeness (QED) is 0.793. The molecular weight excluding hydrogens is 254 g/mol. The number of hydrogen-bond donors (Lipinski definition) is 0. The number of carbonyl (C=O) groups excluding carboxylic acids is 1. The number of hydrogen-bond acceptors (Lipinski definition) is 3. The molecule has 0 bridgehead atoms. The highest BCUT2D eigenvalue weighted by Gasteiger charge is 2.35. The van der Waals surface area contributed by atoms with E-state index in [0.717, 1.165) is 25.6 Å². The lowest BCUT2D eigenvalue weighted by Crippen LogP contribution is -2.49. The van der Waals surface area contributed by atoms with Crippen LogP contribution < -0.4 is 0 Å². The van der Waals surface area contributed by atoms with Crippen LogP contribution in [0.15, 0.2) is 6.20 Å². The van der Waals surface area contributed by atoms with Gasteiger partial charge in [-0.15, -0.1) is 0 Å². The van der Waals surface area contributed by atoms with Gasteiger partial charge in [0.15, 0.2) is 0 Å². The fourth-order valence-electron chi connectivity index (χ4n) is 2.79. The molecule has 0 spiro atoms. The van der Waals surface area contributed by atoms with Gasteiger partial charge < -0.3 is 14.2 Å². The van der Waals surface area contributed by atoms with Gasteiger partial charge in [0.25, 0.3) is 0 Å². The van der Waals surface area contributed by atoms with E-state index in [4.69, 9.17) is 4.74 Å². The summed E-state index contributed by atoms with van der Waals surface area (Å²) in [6.07, 6.45) is 5.15. The summed E-state index contributed by atoms with van der Waals surface area (Å²) < 4.78 is 7.31. The summed E-state index contributed by atoms with van der Waals surface area (Å²) in [5.74, 6) is 2.63. The maximum Gasteiger partial charge on any atom is 0.224 e. The highest BCUT2D eigenvalue weighted by Crippen LogP contribution is 2.34. The fraction of sp³-hybridized carbons (Fsp3) is 0.733. The molecule has 20 heavy (non-hydrogen) atoms. The van der Waals surface area contributed by atoms with E-state index >= 15 is 0 Å². The smallest absolute Gasteiger partial charge is 0.224 e. The SMILES string of the molecule is COCCC(=O)N1CC(c2ncc(C)n2CC2CC2)C1. The van der Waals surface area contributed by atoms with Crippen molar-refractivity contribution in [3.63, 3.8) is 0 Å². The Morgan fingerprint density at radius 2 is 2.20 bits per heavy atom. The molecule has 5 nitrogen and oxygen atoms in total. The van der Waals surface area contributed by atoms with Crippen LogP contribution in [0.3, 0.4) is 0 Å². The van der Waals surface area contributed by atoms with Crippen molar-refractivity contribution in [2.24, 2.45) is 5.92 Å². The third kappa shape index (κ3) is 2.73. The van der Waals surface area contributed by atoms with Crippen molar-refractivity contribution in [2.45, 2.75) is 38.6 Å². The molecule has 0 unspecified atom stereocenters. The second-order valence-electron chi connectivity index (χ2n) is 6.05. The first-order chi connectivity index (χ1) is 9.69. The first kappa shape index (κ1) is 13.6. The molecule has 1 aliphatic carbocycles. The van der Waals surface area contributed by atoms with Crippen LogP contribution in [-0.2, 0) is 16.1 Å². The Labute approximate surface area is 119 Å². The van der Waals surface area contributed by atoms with Crippen LogP contribution in [-0.4, -0.2) is 47.2 Å². The Balaban J connectivity index is 1.58. The molecule has 0 N–H and O–H groups in total. The highest BCUT2D eigenvalue weighted by molar-refractivity contribution is 5.77. The number of aromatic nitrogens is 2. The fourth-order valence-corrected chi connectivity index (χ4v) is 2.79. The summed E-state index contributed by atoms with van der Waals surface area (Å²) >= 11 is 0. The summed E-state index contributed by atoms with van der Waals surface area (Å²) in [7, 11) is 1.63. The van der Waals surface area contributed by atoms with Gasteiger partial charge in [-0.1, -0.05) is 0 Å². The average molecular weight is 277 g/mol. The number of amides is 1.